The first-order valence-corrected chi connectivity index (χ1v) is 13.6. The van der Waals surface area contributed by atoms with E-state index in [9.17, 15) is 4.79 Å². The van der Waals surface area contributed by atoms with Crippen molar-refractivity contribution in [1.82, 2.24) is 15.0 Å². The van der Waals surface area contributed by atoms with Crippen LogP contribution in [0.4, 0.5) is 5.95 Å². The second-order valence-corrected chi connectivity index (χ2v) is 9.98. The molecule has 0 saturated heterocycles. The van der Waals surface area contributed by atoms with Crippen LogP contribution in [-0.2, 0) is 11.1 Å². The molecule has 194 valence electrons. The molecule has 2 aliphatic carbocycles. The predicted octanol–water partition coefficient (Wildman–Crippen LogP) is 5.88. The lowest BCUT2D eigenvalue weighted by Gasteiger charge is -2.32. The fourth-order valence-electron chi connectivity index (χ4n) is 5.33. The van der Waals surface area contributed by atoms with Gasteiger partial charge in [0, 0.05) is 22.4 Å². The Hall–Kier alpha value is -4.46. The Balaban J connectivity index is 1.39. The third-order valence-corrected chi connectivity index (χ3v) is 7.17. The largest absolute Gasteiger partial charge is 0.354 e. The Bertz CT molecular complexity index is 1500. The van der Waals surface area contributed by atoms with E-state index in [0.717, 1.165) is 60.1 Å². The minimum absolute atomic E-state index is 0.0966. The van der Waals surface area contributed by atoms with Gasteiger partial charge in [-0.1, -0.05) is 103 Å². The number of nitrogens with one attached hydrogen (secondary N) is 1. The van der Waals surface area contributed by atoms with Crippen molar-refractivity contribution in [2.75, 3.05) is 5.32 Å². The minimum Gasteiger partial charge on any atom is -0.354 e. The van der Waals surface area contributed by atoms with Crippen molar-refractivity contribution < 1.29 is 9.32 Å². The molecule has 0 spiro atoms. The maximum atomic E-state index is 14.3. The normalized spacial score (nSPS) is 18.8. The van der Waals surface area contributed by atoms with Gasteiger partial charge in [-0.3, -0.25) is 4.79 Å². The van der Waals surface area contributed by atoms with Crippen LogP contribution in [0.1, 0.15) is 42.7 Å². The van der Waals surface area contributed by atoms with Gasteiger partial charge >= 0.3 is 0 Å². The quantitative estimate of drug-likeness (QED) is 0.398. The standard InChI is InChI=1S/C31H30BN5O2/c1-32(21-22-13-5-2-6-14-22)37-26-20-12-11-19-25(26)27(23-15-7-3-8-16-23)33-28(30(37)38)34-31-35-29(39-36-31)24-17-9-4-10-18-24/h2-3,5-9,13-20,28H,4,10-12,21H2,1H3,(H,34,36). The Labute approximate surface area is 228 Å². The molecule has 3 aliphatic rings. The van der Waals surface area contributed by atoms with E-state index in [1.165, 1.54) is 5.56 Å². The molecule has 1 aliphatic heterocycles. The van der Waals surface area contributed by atoms with Gasteiger partial charge in [0.15, 0.2) is 0 Å². The Morgan fingerprint density at radius 2 is 1.72 bits per heavy atom. The molecule has 1 amide bonds. The van der Waals surface area contributed by atoms with Crippen LogP contribution >= 0.6 is 0 Å². The molecule has 0 fully saturated rings. The highest BCUT2D eigenvalue weighted by molar-refractivity contribution is 6.58. The number of amides is 1. The van der Waals surface area contributed by atoms with E-state index < -0.39 is 6.17 Å². The van der Waals surface area contributed by atoms with Gasteiger partial charge in [-0.25, -0.2) is 4.99 Å². The molecule has 0 saturated carbocycles. The van der Waals surface area contributed by atoms with Crippen molar-refractivity contribution in [3.63, 3.8) is 0 Å². The number of carbonyl (C=O) groups is 1. The van der Waals surface area contributed by atoms with E-state index in [1.807, 2.05) is 59.4 Å². The summed E-state index contributed by atoms with van der Waals surface area (Å²) < 4.78 is 5.53. The molecule has 1 N–H and O–H groups in total. The van der Waals surface area contributed by atoms with Gasteiger partial charge in [0.1, 0.15) is 0 Å². The number of benzene rings is 2. The Morgan fingerprint density at radius 3 is 2.49 bits per heavy atom. The zero-order chi connectivity index (χ0) is 26.6. The number of allylic oxidation sites excluding steroid dienone is 7. The SMILES string of the molecule is CB(Cc1ccccc1)N1C(=O)C(Nc2noc(C3=CCCC=C3)n2)N=C(c2ccccc2)C2=CCCC=C21. The van der Waals surface area contributed by atoms with Gasteiger partial charge in [-0.05, 0) is 37.2 Å². The van der Waals surface area contributed by atoms with Gasteiger partial charge in [0.25, 0.3) is 24.6 Å². The average Bonchev–Trinajstić information content (AvgIpc) is 3.41. The Kier molecular flexibility index (Phi) is 7.08. The van der Waals surface area contributed by atoms with Gasteiger partial charge in [-0.2, -0.15) is 4.98 Å². The van der Waals surface area contributed by atoms with Crippen LogP contribution in [0.25, 0.3) is 5.57 Å². The molecule has 6 rings (SSSR count). The third kappa shape index (κ3) is 5.28. The van der Waals surface area contributed by atoms with Crippen LogP contribution in [0.2, 0.25) is 6.82 Å². The first kappa shape index (κ1) is 24.9. The Morgan fingerprint density at radius 1 is 0.974 bits per heavy atom. The molecular formula is C31H30BN5O2. The summed E-state index contributed by atoms with van der Waals surface area (Å²) in [5.74, 6) is 0.518. The maximum absolute atomic E-state index is 14.3. The lowest BCUT2D eigenvalue weighted by molar-refractivity contribution is -0.126. The summed E-state index contributed by atoms with van der Waals surface area (Å²) in [6.07, 6.45) is 14.0. The lowest BCUT2D eigenvalue weighted by atomic mass is 9.57. The van der Waals surface area contributed by atoms with Crippen molar-refractivity contribution in [3.8, 4) is 0 Å². The number of anilines is 1. The highest BCUT2D eigenvalue weighted by atomic mass is 16.5. The van der Waals surface area contributed by atoms with Gasteiger partial charge < -0.3 is 14.7 Å². The minimum atomic E-state index is -0.924. The summed E-state index contributed by atoms with van der Waals surface area (Å²) in [7, 11) is 0. The molecule has 7 nitrogen and oxygen atoms in total. The number of carbonyl (C=O) groups excluding carboxylic acids is 1. The van der Waals surface area contributed by atoms with Crippen LogP contribution in [0.15, 0.2) is 112 Å². The summed E-state index contributed by atoms with van der Waals surface area (Å²) in [5, 5.41) is 7.32. The predicted molar refractivity (Wildman–Crippen MR) is 155 cm³/mol. The van der Waals surface area contributed by atoms with Gasteiger partial charge in [0.05, 0.1) is 5.71 Å². The smallest absolute Gasteiger partial charge is 0.265 e. The number of hydrogen-bond donors (Lipinski definition) is 1. The van der Waals surface area contributed by atoms with E-state index in [-0.39, 0.29) is 18.7 Å². The summed E-state index contributed by atoms with van der Waals surface area (Å²) in [6.45, 7) is 2.00. The van der Waals surface area contributed by atoms with Crippen molar-refractivity contribution in [2.45, 2.75) is 45.0 Å². The third-order valence-electron chi connectivity index (χ3n) is 7.17. The maximum Gasteiger partial charge on any atom is 0.265 e. The van der Waals surface area contributed by atoms with Crippen LogP contribution in [0.3, 0.4) is 0 Å². The first-order valence-electron chi connectivity index (χ1n) is 13.6. The fourth-order valence-corrected chi connectivity index (χ4v) is 5.33. The summed E-state index contributed by atoms with van der Waals surface area (Å²) >= 11 is 0. The number of aliphatic imine (C=N–C) groups is 1. The van der Waals surface area contributed by atoms with Crippen molar-refractivity contribution in [1.29, 1.82) is 0 Å². The second kappa shape index (κ2) is 11.1. The van der Waals surface area contributed by atoms with Crippen LogP contribution in [0, 0.1) is 0 Å². The van der Waals surface area contributed by atoms with E-state index >= 15 is 0 Å². The van der Waals surface area contributed by atoms with E-state index in [2.05, 4.69) is 58.7 Å². The summed E-state index contributed by atoms with van der Waals surface area (Å²) in [4.78, 5) is 25.8. The van der Waals surface area contributed by atoms with E-state index in [4.69, 9.17) is 9.52 Å². The zero-order valence-corrected chi connectivity index (χ0v) is 22.0. The summed E-state index contributed by atoms with van der Waals surface area (Å²) in [6, 6.07) is 20.3. The molecule has 3 aromatic rings. The van der Waals surface area contributed by atoms with Crippen molar-refractivity contribution in [3.05, 3.63) is 119 Å². The second-order valence-electron chi connectivity index (χ2n) is 9.98. The topological polar surface area (TPSA) is 83.6 Å². The molecule has 0 radical (unpaired) electrons. The molecule has 39 heavy (non-hydrogen) atoms. The number of rotatable bonds is 7. The summed E-state index contributed by atoms with van der Waals surface area (Å²) in [5.41, 5.74) is 5.70. The number of hydrogen-bond acceptors (Lipinski definition) is 6. The highest BCUT2D eigenvalue weighted by Gasteiger charge is 2.38. The van der Waals surface area contributed by atoms with Gasteiger partial charge in [0.2, 0.25) is 6.17 Å². The molecule has 2 aromatic carbocycles. The zero-order valence-electron chi connectivity index (χ0n) is 22.0. The fraction of sp³-hybridized carbons (Fsp3) is 0.226. The lowest BCUT2D eigenvalue weighted by Crippen LogP contribution is -2.48. The van der Waals surface area contributed by atoms with Crippen molar-refractivity contribution in [2.24, 2.45) is 4.99 Å². The molecule has 2 heterocycles. The molecular weight excluding hydrogens is 485 g/mol. The number of fused-ring (bicyclic) bond motifs is 1. The first-order chi connectivity index (χ1) is 19.2. The van der Waals surface area contributed by atoms with Crippen LogP contribution < -0.4 is 5.32 Å². The number of aromatic nitrogens is 2. The van der Waals surface area contributed by atoms with Crippen LogP contribution in [0.5, 0.6) is 0 Å². The molecule has 0 bridgehead atoms. The molecule has 8 heteroatoms. The molecule has 1 aromatic heterocycles. The molecule has 1 unspecified atom stereocenters. The molecule has 1 atom stereocenters. The van der Waals surface area contributed by atoms with Crippen LogP contribution in [-0.4, -0.2) is 39.6 Å². The van der Waals surface area contributed by atoms with Gasteiger partial charge in [-0.15, -0.1) is 0 Å². The highest BCUT2D eigenvalue weighted by Crippen LogP contribution is 2.32. The number of nitrogens with zero attached hydrogens (tertiary/aromatic N) is 4. The van der Waals surface area contributed by atoms with Crippen molar-refractivity contribution >= 4 is 30.0 Å². The van der Waals surface area contributed by atoms with E-state index in [1.54, 1.807) is 0 Å². The monoisotopic (exact) mass is 515 g/mol. The average molecular weight is 515 g/mol. The van der Waals surface area contributed by atoms with E-state index in [0.29, 0.717) is 5.89 Å².